The van der Waals surface area contributed by atoms with Gasteiger partial charge in [-0.05, 0) is 12.1 Å². The van der Waals surface area contributed by atoms with Gasteiger partial charge < -0.3 is 25.1 Å². The topological polar surface area (TPSA) is 136 Å². The predicted octanol–water partition coefficient (Wildman–Crippen LogP) is -0.414. The molecule has 0 saturated heterocycles. The fourth-order valence-corrected chi connectivity index (χ4v) is 1.53. The minimum atomic E-state index is -0.643. The van der Waals surface area contributed by atoms with Crippen molar-refractivity contribution in [3.63, 3.8) is 0 Å². The zero-order valence-corrected chi connectivity index (χ0v) is 12.6. The van der Waals surface area contributed by atoms with Gasteiger partial charge in [-0.3, -0.25) is 9.59 Å². The second-order valence-electron chi connectivity index (χ2n) is 4.62. The summed E-state index contributed by atoms with van der Waals surface area (Å²) in [7, 11) is 3.49. The van der Waals surface area contributed by atoms with E-state index in [-0.39, 0.29) is 30.7 Å². The highest BCUT2D eigenvalue weighted by Crippen LogP contribution is 2.06. The molecule has 0 aliphatic rings. The average Bonchev–Trinajstić information content (AvgIpc) is 3.04. The first-order valence-electron chi connectivity index (χ1n) is 6.61. The van der Waals surface area contributed by atoms with Gasteiger partial charge in [-0.1, -0.05) is 0 Å². The summed E-state index contributed by atoms with van der Waals surface area (Å²) < 4.78 is 9.87. The summed E-state index contributed by atoms with van der Waals surface area (Å²) in [6.45, 7) is -0.482. The van der Waals surface area contributed by atoms with Gasteiger partial charge in [0.15, 0.2) is 18.2 Å². The molecule has 1 amide bonds. The standard InChI is InChI=1S/C13H16N6O4/c1-19(2)13-17-9(16-12(14)18-13)7-23-10(20)6-15-11(21)8-4-3-5-22-8/h3-5H,6-7H2,1-2H3,(H,15,21)(H2,14,16,17,18). The molecular formula is C13H16N6O4. The summed E-state index contributed by atoms with van der Waals surface area (Å²) in [6, 6.07) is 3.05. The summed E-state index contributed by atoms with van der Waals surface area (Å²) in [6.07, 6.45) is 1.36. The SMILES string of the molecule is CN(C)c1nc(N)nc(COC(=O)CNC(=O)c2ccco2)n1. The fraction of sp³-hybridized carbons (Fsp3) is 0.308. The van der Waals surface area contributed by atoms with Crippen LogP contribution >= 0.6 is 0 Å². The number of nitrogen functional groups attached to an aromatic ring is 1. The van der Waals surface area contributed by atoms with E-state index in [1.165, 1.54) is 12.3 Å². The lowest BCUT2D eigenvalue weighted by Crippen LogP contribution is -2.30. The van der Waals surface area contributed by atoms with Crippen LogP contribution in [-0.2, 0) is 16.1 Å². The highest BCUT2D eigenvalue weighted by Gasteiger charge is 2.12. The lowest BCUT2D eigenvalue weighted by atomic mass is 10.4. The van der Waals surface area contributed by atoms with E-state index in [4.69, 9.17) is 14.9 Å². The van der Waals surface area contributed by atoms with Gasteiger partial charge >= 0.3 is 5.97 Å². The van der Waals surface area contributed by atoms with Crippen molar-refractivity contribution < 1.29 is 18.7 Å². The number of ether oxygens (including phenoxy) is 1. The van der Waals surface area contributed by atoms with Gasteiger partial charge in [0.25, 0.3) is 5.91 Å². The number of nitrogens with two attached hydrogens (primary N) is 1. The molecule has 23 heavy (non-hydrogen) atoms. The number of aromatic nitrogens is 3. The second kappa shape index (κ2) is 7.20. The number of carbonyl (C=O) groups excluding carboxylic acids is 2. The molecule has 10 heteroatoms. The number of nitrogens with zero attached hydrogens (tertiary/aromatic N) is 4. The second-order valence-corrected chi connectivity index (χ2v) is 4.62. The molecule has 0 fully saturated rings. The normalized spacial score (nSPS) is 10.2. The van der Waals surface area contributed by atoms with Crippen molar-refractivity contribution in [3.05, 3.63) is 30.0 Å². The number of carbonyl (C=O) groups is 2. The predicted molar refractivity (Wildman–Crippen MR) is 79.4 cm³/mol. The van der Waals surface area contributed by atoms with Crippen molar-refractivity contribution in [1.29, 1.82) is 0 Å². The first kappa shape index (κ1) is 16.2. The molecule has 0 aromatic carbocycles. The summed E-state index contributed by atoms with van der Waals surface area (Å²) in [5, 5.41) is 2.37. The van der Waals surface area contributed by atoms with Gasteiger partial charge in [-0.2, -0.15) is 15.0 Å². The Labute approximate surface area is 131 Å². The van der Waals surface area contributed by atoms with Crippen LogP contribution in [0.15, 0.2) is 22.8 Å². The molecular weight excluding hydrogens is 304 g/mol. The Bertz CT molecular complexity index is 686. The molecule has 10 nitrogen and oxygen atoms in total. The van der Waals surface area contributed by atoms with Gasteiger partial charge in [0.05, 0.1) is 6.26 Å². The quantitative estimate of drug-likeness (QED) is 0.680. The molecule has 0 spiro atoms. The van der Waals surface area contributed by atoms with Gasteiger partial charge in [0.2, 0.25) is 11.9 Å². The van der Waals surface area contributed by atoms with Gasteiger partial charge in [-0.15, -0.1) is 0 Å². The van der Waals surface area contributed by atoms with E-state index in [1.807, 2.05) is 0 Å². The molecule has 0 aliphatic heterocycles. The molecule has 3 N–H and O–H groups in total. The maximum Gasteiger partial charge on any atom is 0.325 e. The van der Waals surface area contributed by atoms with E-state index in [1.54, 1.807) is 25.1 Å². The summed E-state index contributed by atoms with van der Waals surface area (Å²) >= 11 is 0. The molecule has 2 heterocycles. The molecule has 2 aromatic heterocycles. The van der Waals surface area contributed by atoms with Gasteiger partial charge in [-0.25, -0.2) is 0 Å². The number of furan rings is 1. The third-order valence-electron chi connectivity index (χ3n) is 2.59. The number of esters is 1. The van der Waals surface area contributed by atoms with Crippen LogP contribution in [0.4, 0.5) is 11.9 Å². The van der Waals surface area contributed by atoms with E-state index in [0.29, 0.717) is 5.95 Å². The van der Waals surface area contributed by atoms with Crippen LogP contribution in [0.1, 0.15) is 16.4 Å². The van der Waals surface area contributed by atoms with Crippen LogP contribution in [0.3, 0.4) is 0 Å². The largest absolute Gasteiger partial charge is 0.459 e. The maximum absolute atomic E-state index is 11.6. The number of hydrogen-bond donors (Lipinski definition) is 2. The Morgan fingerprint density at radius 1 is 1.35 bits per heavy atom. The lowest BCUT2D eigenvalue weighted by Gasteiger charge is -2.11. The highest BCUT2D eigenvalue weighted by atomic mass is 16.5. The monoisotopic (exact) mass is 320 g/mol. The van der Waals surface area contributed by atoms with E-state index >= 15 is 0 Å². The number of anilines is 2. The molecule has 0 bridgehead atoms. The van der Waals surface area contributed by atoms with Crippen LogP contribution in [0.25, 0.3) is 0 Å². The van der Waals surface area contributed by atoms with Crippen LogP contribution in [0.5, 0.6) is 0 Å². The van der Waals surface area contributed by atoms with Gasteiger partial charge in [0.1, 0.15) is 6.54 Å². The zero-order valence-electron chi connectivity index (χ0n) is 12.6. The van der Waals surface area contributed by atoms with Crippen LogP contribution < -0.4 is 16.0 Å². The first-order chi connectivity index (χ1) is 11.0. The van der Waals surface area contributed by atoms with E-state index in [9.17, 15) is 9.59 Å². The number of amides is 1. The van der Waals surface area contributed by atoms with E-state index in [0.717, 1.165) is 0 Å². The van der Waals surface area contributed by atoms with E-state index in [2.05, 4.69) is 20.3 Å². The van der Waals surface area contributed by atoms with Gasteiger partial charge in [0, 0.05) is 14.1 Å². The Morgan fingerprint density at radius 3 is 2.78 bits per heavy atom. The van der Waals surface area contributed by atoms with Crippen molar-refractivity contribution in [1.82, 2.24) is 20.3 Å². The molecule has 122 valence electrons. The molecule has 0 saturated carbocycles. The van der Waals surface area contributed by atoms with Crippen molar-refractivity contribution in [2.24, 2.45) is 0 Å². The Balaban J connectivity index is 1.83. The van der Waals surface area contributed by atoms with Crippen LogP contribution in [0, 0.1) is 0 Å². The lowest BCUT2D eigenvalue weighted by molar-refractivity contribution is -0.143. The maximum atomic E-state index is 11.6. The van der Waals surface area contributed by atoms with Crippen molar-refractivity contribution in [2.75, 3.05) is 31.3 Å². The molecule has 0 atom stereocenters. The summed E-state index contributed by atoms with van der Waals surface area (Å²) in [4.78, 5) is 36.7. The van der Waals surface area contributed by atoms with Crippen molar-refractivity contribution >= 4 is 23.8 Å². The molecule has 0 aliphatic carbocycles. The Morgan fingerprint density at radius 2 is 2.13 bits per heavy atom. The third kappa shape index (κ3) is 4.66. The van der Waals surface area contributed by atoms with Crippen molar-refractivity contribution in [3.8, 4) is 0 Å². The minimum Gasteiger partial charge on any atom is -0.459 e. The summed E-state index contributed by atoms with van der Waals surface area (Å²) in [5.41, 5.74) is 5.56. The molecule has 0 unspecified atom stereocenters. The van der Waals surface area contributed by atoms with Crippen molar-refractivity contribution in [2.45, 2.75) is 6.61 Å². The number of rotatable bonds is 6. The Kier molecular flexibility index (Phi) is 5.07. The number of nitrogens with one attached hydrogen (secondary N) is 1. The van der Waals surface area contributed by atoms with Crippen LogP contribution in [-0.4, -0.2) is 47.5 Å². The highest BCUT2D eigenvalue weighted by molar-refractivity contribution is 5.93. The molecule has 2 aromatic rings. The average molecular weight is 320 g/mol. The zero-order chi connectivity index (χ0) is 16.8. The molecule has 0 radical (unpaired) electrons. The van der Waals surface area contributed by atoms with E-state index < -0.39 is 11.9 Å². The molecule has 2 rings (SSSR count). The first-order valence-corrected chi connectivity index (χ1v) is 6.61. The number of hydrogen-bond acceptors (Lipinski definition) is 9. The Hall–Kier alpha value is -3.17. The smallest absolute Gasteiger partial charge is 0.325 e. The fourth-order valence-electron chi connectivity index (χ4n) is 1.53. The minimum absolute atomic E-state index is 0.0286. The summed E-state index contributed by atoms with van der Waals surface area (Å²) in [5.74, 6) is -0.442. The van der Waals surface area contributed by atoms with Crippen LogP contribution in [0.2, 0.25) is 0 Å². The third-order valence-corrected chi connectivity index (χ3v) is 2.59.